The van der Waals surface area contributed by atoms with Crippen molar-refractivity contribution in [1.29, 1.82) is 0 Å². The van der Waals surface area contributed by atoms with E-state index in [0.717, 1.165) is 36.3 Å². The highest BCUT2D eigenvalue weighted by Gasteiger charge is 2.33. The fraction of sp³-hybridized carbons (Fsp3) is 0.650. The Morgan fingerprint density at radius 2 is 2.19 bits per heavy atom. The molecule has 146 valence electrons. The molecule has 2 rings (SSSR count). The van der Waals surface area contributed by atoms with Crippen LogP contribution in [0.3, 0.4) is 0 Å². The van der Waals surface area contributed by atoms with Crippen molar-refractivity contribution in [2.24, 2.45) is 0 Å². The summed E-state index contributed by atoms with van der Waals surface area (Å²) in [6.07, 6.45) is 4.45. The largest absolute Gasteiger partial charge is 0.481 e. The minimum Gasteiger partial charge on any atom is -0.481 e. The normalized spacial score (nSPS) is 21.8. The second-order valence-corrected chi connectivity index (χ2v) is 7.02. The number of aliphatic carboxylic acids is 1. The van der Waals surface area contributed by atoms with E-state index in [-0.39, 0.29) is 12.3 Å². The number of hydrogen-bond acceptors (Lipinski definition) is 4. The lowest BCUT2D eigenvalue weighted by atomic mass is 9.98. The monoisotopic (exact) mass is 368 g/mol. The van der Waals surface area contributed by atoms with Crippen molar-refractivity contribution in [3.63, 3.8) is 0 Å². The number of rotatable bonds is 11. The predicted octanol–water partition coefficient (Wildman–Crippen LogP) is 3.52. The van der Waals surface area contributed by atoms with E-state index in [1.54, 1.807) is 6.08 Å². The van der Waals surface area contributed by atoms with Crippen LogP contribution in [0, 0.1) is 0 Å². The van der Waals surface area contributed by atoms with Gasteiger partial charge in [-0.3, -0.25) is 4.79 Å². The molecule has 0 saturated carbocycles. The Labute approximate surface area is 153 Å². The number of carboxylic acids is 1. The number of unbranched alkanes of at least 4 members (excludes halogenated alkanes) is 2. The smallest absolute Gasteiger partial charge is 0.303 e. The van der Waals surface area contributed by atoms with E-state index in [2.05, 4.69) is 0 Å². The van der Waals surface area contributed by atoms with Crippen LogP contribution < -0.4 is 0 Å². The van der Waals surface area contributed by atoms with Crippen LogP contribution in [-0.2, 0) is 17.6 Å². The van der Waals surface area contributed by atoms with E-state index in [1.165, 1.54) is 6.08 Å². The molecule has 1 aliphatic carbocycles. The Bertz CT molecular complexity index is 609. The fourth-order valence-electron chi connectivity index (χ4n) is 3.32. The van der Waals surface area contributed by atoms with E-state index in [4.69, 9.17) is 9.52 Å². The van der Waals surface area contributed by atoms with Crippen molar-refractivity contribution >= 4 is 5.97 Å². The highest BCUT2D eigenvalue weighted by atomic mass is 19.1. The van der Waals surface area contributed by atoms with Gasteiger partial charge >= 0.3 is 5.97 Å². The van der Waals surface area contributed by atoms with Gasteiger partial charge in [-0.2, -0.15) is 0 Å². The summed E-state index contributed by atoms with van der Waals surface area (Å²) in [6.45, 7) is 1.98. The first-order valence-electron chi connectivity index (χ1n) is 9.44. The molecule has 0 aromatic carbocycles. The van der Waals surface area contributed by atoms with Crippen LogP contribution >= 0.6 is 0 Å². The number of fused-ring (bicyclic) bond motifs is 1. The molecule has 1 heterocycles. The quantitative estimate of drug-likeness (QED) is 0.411. The van der Waals surface area contributed by atoms with Crippen molar-refractivity contribution in [3.05, 3.63) is 35.3 Å². The number of furan rings is 1. The molecule has 26 heavy (non-hydrogen) atoms. The van der Waals surface area contributed by atoms with Crippen molar-refractivity contribution in [3.8, 4) is 0 Å². The molecule has 0 amide bonds. The highest BCUT2D eigenvalue weighted by molar-refractivity contribution is 5.66. The number of carboxylic acid groups (broad SMARTS) is 1. The first kappa shape index (κ1) is 20.6. The summed E-state index contributed by atoms with van der Waals surface area (Å²) in [5.74, 6) is 0.383. The van der Waals surface area contributed by atoms with Crippen LogP contribution in [0.2, 0.25) is 0 Å². The number of alkyl halides is 1. The van der Waals surface area contributed by atoms with Crippen LogP contribution in [0.25, 0.3) is 0 Å². The maximum Gasteiger partial charge on any atom is 0.303 e. The maximum absolute atomic E-state index is 13.9. The van der Waals surface area contributed by atoms with E-state index < -0.39 is 24.3 Å². The van der Waals surface area contributed by atoms with Gasteiger partial charge in [-0.05, 0) is 25.3 Å². The lowest BCUT2D eigenvalue weighted by Crippen LogP contribution is -2.20. The van der Waals surface area contributed by atoms with Crippen molar-refractivity contribution in [1.82, 2.24) is 0 Å². The zero-order chi connectivity index (χ0) is 19.1. The van der Waals surface area contributed by atoms with Crippen molar-refractivity contribution in [2.75, 3.05) is 0 Å². The topological polar surface area (TPSA) is 90.9 Å². The van der Waals surface area contributed by atoms with Crippen LogP contribution in [0.5, 0.6) is 0 Å². The summed E-state index contributed by atoms with van der Waals surface area (Å²) in [4.78, 5) is 10.5. The molecule has 1 aromatic heterocycles. The molecular formula is C20H29FO5. The summed E-state index contributed by atoms with van der Waals surface area (Å²) < 4.78 is 19.6. The van der Waals surface area contributed by atoms with Gasteiger partial charge in [-0.25, -0.2) is 4.39 Å². The Kier molecular flexibility index (Phi) is 7.85. The van der Waals surface area contributed by atoms with Gasteiger partial charge in [0.05, 0.1) is 6.10 Å². The zero-order valence-electron chi connectivity index (χ0n) is 15.2. The van der Waals surface area contributed by atoms with Crippen molar-refractivity contribution in [2.45, 2.75) is 82.6 Å². The fourth-order valence-corrected chi connectivity index (χ4v) is 3.32. The molecule has 0 aliphatic heterocycles. The number of aryl methyl sites for hydroxylation is 1. The van der Waals surface area contributed by atoms with Gasteiger partial charge in [0.1, 0.15) is 23.8 Å². The number of halogens is 1. The minimum atomic E-state index is -1.29. The minimum absolute atomic E-state index is 0.144. The van der Waals surface area contributed by atoms with Gasteiger partial charge < -0.3 is 19.7 Å². The average molecular weight is 368 g/mol. The van der Waals surface area contributed by atoms with Gasteiger partial charge in [-0.15, -0.1) is 0 Å². The summed E-state index contributed by atoms with van der Waals surface area (Å²) in [7, 11) is 0. The van der Waals surface area contributed by atoms with E-state index in [1.807, 2.05) is 13.0 Å². The van der Waals surface area contributed by atoms with Crippen LogP contribution in [0.15, 0.2) is 22.6 Å². The second-order valence-electron chi connectivity index (χ2n) is 7.02. The molecule has 3 N–H and O–H groups in total. The molecule has 4 atom stereocenters. The van der Waals surface area contributed by atoms with Gasteiger partial charge in [0.15, 0.2) is 0 Å². The average Bonchev–Trinajstić information content (AvgIpc) is 3.10. The summed E-state index contributed by atoms with van der Waals surface area (Å²) >= 11 is 0. The highest BCUT2D eigenvalue weighted by Crippen LogP contribution is 2.37. The molecule has 0 saturated heterocycles. The van der Waals surface area contributed by atoms with Crippen LogP contribution in [-0.4, -0.2) is 39.7 Å². The molecule has 1 aromatic rings. The number of hydrogen-bond donors (Lipinski definition) is 3. The third kappa shape index (κ3) is 5.68. The van der Waals surface area contributed by atoms with Gasteiger partial charge in [0.25, 0.3) is 0 Å². The van der Waals surface area contributed by atoms with E-state index in [9.17, 15) is 19.4 Å². The Morgan fingerprint density at radius 3 is 2.88 bits per heavy atom. The lowest BCUT2D eigenvalue weighted by Gasteiger charge is -2.14. The van der Waals surface area contributed by atoms with E-state index in [0.29, 0.717) is 25.7 Å². The lowest BCUT2D eigenvalue weighted by molar-refractivity contribution is -0.137. The first-order valence-corrected chi connectivity index (χ1v) is 9.44. The Balaban J connectivity index is 1.93. The molecule has 1 unspecified atom stereocenters. The summed E-state index contributed by atoms with van der Waals surface area (Å²) in [5.41, 5.74) is 0.873. The summed E-state index contributed by atoms with van der Waals surface area (Å²) in [6, 6.07) is 1.89. The third-order valence-electron chi connectivity index (χ3n) is 4.84. The zero-order valence-corrected chi connectivity index (χ0v) is 15.2. The van der Waals surface area contributed by atoms with Crippen LogP contribution in [0.1, 0.15) is 68.5 Å². The Morgan fingerprint density at radius 1 is 1.42 bits per heavy atom. The number of aliphatic hydroxyl groups excluding tert-OH is 2. The van der Waals surface area contributed by atoms with Crippen LogP contribution in [0.4, 0.5) is 4.39 Å². The second kappa shape index (κ2) is 9.88. The SMILES string of the molecule is CCCCC(F)[C@H](O)/C=C/[C@@H]1c2cc(CCCCC(=O)O)oc2C[C@H]1O. The number of aliphatic hydroxyl groups is 2. The molecule has 5 nitrogen and oxygen atoms in total. The first-order chi connectivity index (χ1) is 12.4. The Hall–Kier alpha value is -1.66. The number of carbonyl (C=O) groups is 1. The van der Waals surface area contributed by atoms with Crippen molar-refractivity contribution < 1.29 is 28.9 Å². The third-order valence-corrected chi connectivity index (χ3v) is 4.84. The predicted molar refractivity (Wildman–Crippen MR) is 95.9 cm³/mol. The summed E-state index contributed by atoms with van der Waals surface area (Å²) in [5, 5.41) is 28.8. The molecule has 0 bridgehead atoms. The molecule has 0 fully saturated rings. The van der Waals surface area contributed by atoms with Gasteiger partial charge in [0, 0.05) is 30.7 Å². The van der Waals surface area contributed by atoms with E-state index >= 15 is 0 Å². The molecule has 0 spiro atoms. The molecule has 1 aliphatic rings. The molecule has 6 heteroatoms. The van der Waals surface area contributed by atoms with Gasteiger partial charge in [-0.1, -0.05) is 31.9 Å². The molecular weight excluding hydrogens is 339 g/mol. The van der Waals surface area contributed by atoms with Gasteiger partial charge in [0.2, 0.25) is 0 Å². The molecule has 0 radical (unpaired) electrons. The maximum atomic E-state index is 13.9. The standard InChI is InChI=1S/C20H29FO5/c1-2-3-7-16(21)17(22)10-9-14-15-11-13(6-4-5-8-20(24)25)26-19(15)12-18(14)23/h9-11,14,16-18,22-23H,2-8,12H2,1H3,(H,24,25)/b10-9+/t14-,16?,17-,18-/m1/s1.